The molecule has 0 aliphatic rings. The summed E-state index contributed by atoms with van der Waals surface area (Å²) < 4.78 is 26.7. The third kappa shape index (κ3) is 2.97. The number of anilines is 2. The number of pyridine rings is 1. The Balaban J connectivity index is 2.37. The Morgan fingerprint density at radius 2 is 2.00 bits per heavy atom. The molecule has 1 aromatic heterocycles. The lowest BCUT2D eigenvalue weighted by Gasteiger charge is -2.10. The van der Waals surface area contributed by atoms with Crippen molar-refractivity contribution in [2.75, 3.05) is 10.5 Å². The Bertz CT molecular complexity index is 717. The first-order valence-corrected chi connectivity index (χ1v) is 7.26. The molecule has 100 valence electrons. The van der Waals surface area contributed by atoms with E-state index in [1.807, 2.05) is 0 Å². The number of halogens is 1. The van der Waals surface area contributed by atoms with Gasteiger partial charge in [0.25, 0.3) is 10.0 Å². The molecule has 0 radical (unpaired) electrons. The molecule has 19 heavy (non-hydrogen) atoms. The van der Waals surface area contributed by atoms with Crippen molar-refractivity contribution in [1.29, 1.82) is 0 Å². The van der Waals surface area contributed by atoms with Crippen LogP contribution in [0.25, 0.3) is 0 Å². The lowest BCUT2D eigenvalue weighted by molar-refractivity contribution is 0.601. The van der Waals surface area contributed by atoms with E-state index >= 15 is 0 Å². The maximum atomic E-state index is 12.2. The Hall–Kier alpha value is -1.79. The number of aromatic nitrogens is 1. The molecule has 1 heterocycles. The fourth-order valence-electron chi connectivity index (χ4n) is 1.55. The van der Waals surface area contributed by atoms with Gasteiger partial charge in [-0.3, -0.25) is 4.72 Å². The molecule has 5 nitrogen and oxygen atoms in total. The molecule has 2 rings (SSSR count). The van der Waals surface area contributed by atoms with Crippen molar-refractivity contribution in [1.82, 2.24) is 4.98 Å². The Morgan fingerprint density at radius 3 is 2.63 bits per heavy atom. The SMILES string of the molecule is Cc1cc(NS(=O)(=O)c2ccccc2N)cnc1Cl. The highest BCUT2D eigenvalue weighted by molar-refractivity contribution is 7.92. The van der Waals surface area contributed by atoms with Crippen molar-refractivity contribution in [2.24, 2.45) is 0 Å². The smallest absolute Gasteiger partial charge is 0.263 e. The molecular weight excluding hydrogens is 286 g/mol. The molecule has 0 spiro atoms. The van der Waals surface area contributed by atoms with Crippen molar-refractivity contribution >= 4 is 33.0 Å². The average Bonchev–Trinajstić information content (AvgIpc) is 2.34. The summed E-state index contributed by atoms with van der Waals surface area (Å²) >= 11 is 5.79. The van der Waals surface area contributed by atoms with Crippen LogP contribution in [0.15, 0.2) is 41.4 Å². The minimum Gasteiger partial charge on any atom is -0.398 e. The fourth-order valence-corrected chi connectivity index (χ4v) is 2.82. The summed E-state index contributed by atoms with van der Waals surface area (Å²) in [5, 5.41) is 0.335. The van der Waals surface area contributed by atoms with Crippen LogP contribution in [0.2, 0.25) is 5.15 Å². The molecule has 2 aromatic rings. The van der Waals surface area contributed by atoms with Crippen LogP contribution in [0.1, 0.15) is 5.56 Å². The van der Waals surface area contributed by atoms with Crippen LogP contribution < -0.4 is 10.5 Å². The molecule has 0 aliphatic heterocycles. The van der Waals surface area contributed by atoms with Crippen LogP contribution in [0.3, 0.4) is 0 Å². The zero-order valence-corrected chi connectivity index (χ0v) is 11.7. The van der Waals surface area contributed by atoms with Crippen molar-refractivity contribution < 1.29 is 8.42 Å². The first-order valence-electron chi connectivity index (χ1n) is 5.39. The average molecular weight is 298 g/mol. The van der Waals surface area contributed by atoms with Crippen molar-refractivity contribution in [2.45, 2.75) is 11.8 Å². The highest BCUT2D eigenvalue weighted by Gasteiger charge is 2.17. The number of aryl methyl sites for hydroxylation is 1. The van der Waals surface area contributed by atoms with Crippen LogP contribution in [0, 0.1) is 6.92 Å². The van der Waals surface area contributed by atoms with E-state index < -0.39 is 10.0 Å². The first kappa shape index (κ1) is 13.6. The lowest BCUT2D eigenvalue weighted by atomic mass is 10.3. The van der Waals surface area contributed by atoms with Gasteiger partial charge in [0.05, 0.1) is 17.6 Å². The Kier molecular flexibility index (Phi) is 3.64. The molecule has 0 fully saturated rings. The molecule has 3 N–H and O–H groups in total. The lowest BCUT2D eigenvalue weighted by Crippen LogP contribution is -2.15. The predicted molar refractivity (Wildman–Crippen MR) is 75.6 cm³/mol. The highest BCUT2D eigenvalue weighted by atomic mass is 35.5. The van der Waals surface area contributed by atoms with E-state index in [0.29, 0.717) is 16.4 Å². The number of nitrogens with zero attached hydrogens (tertiary/aromatic N) is 1. The third-order valence-corrected chi connectivity index (χ3v) is 4.33. The number of nitrogen functional groups attached to an aromatic ring is 1. The highest BCUT2D eigenvalue weighted by Crippen LogP contribution is 2.22. The molecular formula is C12H12ClN3O2S. The zero-order chi connectivity index (χ0) is 14.0. The van der Waals surface area contributed by atoms with Gasteiger partial charge in [-0.15, -0.1) is 0 Å². The zero-order valence-electron chi connectivity index (χ0n) is 10.1. The van der Waals surface area contributed by atoms with E-state index in [2.05, 4.69) is 9.71 Å². The molecule has 0 unspecified atom stereocenters. The summed E-state index contributed by atoms with van der Waals surface area (Å²) in [4.78, 5) is 3.92. The quantitative estimate of drug-likeness (QED) is 0.673. The van der Waals surface area contributed by atoms with Crippen LogP contribution in [0.5, 0.6) is 0 Å². The predicted octanol–water partition coefficient (Wildman–Crippen LogP) is 2.43. The van der Waals surface area contributed by atoms with Crippen LogP contribution in [0.4, 0.5) is 11.4 Å². The van der Waals surface area contributed by atoms with Crippen LogP contribution in [-0.2, 0) is 10.0 Å². The molecule has 0 saturated carbocycles. The third-order valence-electron chi connectivity index (χ3n) is 2.48. The molecule has 7 heteroatoms. The van der Waals surface area contributed by atoms with Gasteiger partial charge in [-0.1, -0.05) is 23.7 Å². The monoisotopic (exact) mass is 297 g/mol. The van der Waals surface area contributed by atoms with Gasteiger partial charge in [0.15, 0.2) is 0 Å². The van der Waals surface area contributed by atoms with Crippen molar-refractivity contribution in [3.63, 3.8) is 0 Å². The van der Waals surface area contributed by atoms with E-state index in [0.717, 1.165) is 0 Å². The Morgan fingerprint density at radius 1 is 1.32 bits per heavy atom. The summed E-state index contributed by atoms with van der Waals surface area (Å²) in [5.41, 5.74) is 6.87. The minimum atomic E-state index is -3.73. The molecule has 1 aromatic carbocycles. The number of nitrogens with one attached hydrogen (secondary N) is 1. The standard InChI is InChI=1S/C12H12ClN3O2S/c1-8-6-9(7-15-12(8)13)16-19(17,18)11-5-3-2-4-10(11)14/h2-7,16H,14H2,1H3. The molecule has 0 amide bonds. The summed E-state index contributed by atoms with van der Waals surface area (Å²) in [6.45, 7) is 1.74. The number of hydrogen-bond donors (Lipinski definition) is 2. The number of hydrogen-bond acceptors (Lipinski definition) is 4. The van der Waals surface area contributed by atoms with Gasteiger partial charge in [-0.25, -0.2) is 13.4 Å². The van der Waals surface area contributed by atoms with Gasteiger partial charge in [0.2, 0.25) is 0 Å². The maximum absolute atomic E-state index is 12.2. The fraction of sp³-hybridized carbons (Fsp3) is 0.0833. The molecule has 0 atom stereocenters. The second-order valence-corrected chi connectivity index (χ2v) is 5.98. The van der Waals surface area contributed by atoms with Gasteiger partial charge in [0.1, 0.15) is 10.0 Å². The molecule has 0 aliphatic carbocycles. The van der Waals surface area contributed by atoms with E-state index in [9.17, 15) is 8.42 Å². The summed E-state index contributed by atoms with van der Waals surface area (Å²) in [6, 6.07) is 7.85. The van der Waals surface area contributed by atoms with Crippen molar-refractivity contribution in [3.05, 3.63) is 47.2 Å². The van der Waals surface area contributed by atoms with E-state index in [-0.39, 0.29) is 10.6 Å². The van der Waals surface area contributed by atoms with E-state index in [4.69, 9.17) is 17.3 Å². The number of sulfonamides is 1. The number of benzene rings is 1. The summed E-state index contributed by atoms with van der Waals surface area (Å²) in [7, 11) is -3.73. The number of para-hydroxylation sites is 1. The maximum Gasteiger partial charge on any atom is 0.263 e. The van der Waals surface area contributed by atoms with Crippen molar-refractivity contribution in [3.8, 4) is 0 Å². The molecule has 0 saturated heterocycles. The van der Waals surface area contributed by atoms with Gasteiger partial charge < -0.3 is 5.73 Å². The second kappa shape index (κ2) is 5.07. The minimum absolute atomic E-state index is 0.0302. The second-order valence-electron chi connectivity index (χ2n) is 3.98. The van der Waals surface area contributed by atoms with Crippen LogP contribution in [-0.4, -0.2) is 13.4 Å². The molecule has 0 bridgehead atoms. The topological polar surface area (TPSA) is 85.1 Å². The summed E-state index contributed by atoms with van der Waals surface area (Å²) in [5.74, 6) is 0. The Labute approximate surface area is 116 Å². The van der Waals surface area contributed by atoms with Gasteiger partial charge in [0, 0.05) is 0 Å². The van der Waals surface area contributed by atoms with Gasteiger partial charge in [-0.05, 0) is 30.7 Å². The van der Waals surface area contributed by atoms with Crippen LogP contribution >= 0.6 is 11.6 Å². The van der Waals surface area contributed by atoms with Gasteiger partial charge >= 0.3 is 0 Å². The number of nitrogens with two attached hydrogens (primary N) is 1. The largest absolute Gasteiger partial charge is 0.398 e. The van der Waals surface area contributed by atoms with Gasteiger partial charge in [-0.2, -0.15) is 0 Å². The van der Waals surface area contributed by atoms with E-state index in [1.54, 1.807) is 25.1 Å². The van der Waals surface area contributed by atoms with E-state index in [1.165, 1.54) is 18.3 Å². The first-order chi connectivity index (χ1) is 8.90. The number of rotatable bonds is 3. The normalized spacial score (nSPS) is 11.3. The summed E-state index contributed by atoms with van der Waals surface area (Å²) in [6.07, 6.45) is 1.35.